The second kappa shape index (κ2) is 6.84. The van der Waals surface area contributed by atoms with E-state index >= 15 is 0 Å². The topological polar surface area (TPSA) is 56.1 Å². The van der Waals surface area contributed by atoms with Gasteiger partial charge in [0, 0.05) is 38.6 Å². The molecular formula is C17H18ClN5. The van der Waals surface area contributed by atoms with Gasteiger partial charge >= 0.3 is 0 Å². The second-order valence-electron chi connectivity index (χ2n) is 5.68. The van der Waals surface area contributed by atoms with E-state index in [-0.39, 0.29) is 0 Å². The third-order valence-corrected chi connectivity index (χ3v) is 4.53. The highest BCUT2D eigenvalue weighted by molar-refractivity contribution is 6.33. The molecule has 6 heteroatoms. The number of anilines is 2. The van der Waals surface area contributed by atoms with Crippen LogP contribution in [0.5, 0.6) is 0 Å². The van der Waals surface area contributed by atoms with Gasteiger partial charge in [-0.25, -0.2) is 9.97 Å². The molecule has 0 N–H and O–H groups in total. The van der Waals surface area contributed by atoms with Crippen LogP contribution in [0.3, 0.4) is 0 Å². The molecule has 1 atom stereocenters. The van der Waals surface area contributed by atoms with Crippen molar-refractivity contribution in [2.75, 3.05) is 29.9 Å². The average Bonchev–Trinajstić information content (AvgIpc) is 2.61. The quantitative estimate of drug-likeness (QED) is 0.867. The fourth-order valence-electron chi connectivity index (χ4n) is 2.96. The van der Waals surface area contributed by atoms with E-state index < -0.39 is 0 Å². The highest BCUT2D eigenvalue weighted by Crippen LogP contribution is 2.30. The zero-order valence-corrected chi connectivity index (χ0v) is 13.7. The molecule has 1 aromatic heterocycles. The highest BCUT2D eigenvalue weighted by Gasteiger charge is 2.25. The number of rotatable bonds is 3. The monoisotopic (exact) mass is 327 g/mol. The molecule has 0 saturated carbocycles. The van der Waals surface area contributed by atoms with Crippen LogP contribution < -0.4 is 9.80 Å². The normalized spacial score (nSPS) is 17.6. The van der Waals surface area contributed by atoms with E-state index in [1.165, 1.54) is 0 Å². The van der Waals surface area contributed by atoms with Gasteiger partial charge in [-0.3, -0.25) is 0 Å². The molecule has 0 aliphatic carbocycles. The Morgan fingerprint density at radius 1 is 1.35 bits per heavy atom. The van der Waals surface area contributed by atoms with E-state index in [1.54, 1.807) is 18.5 Å². The molecule has 118 valence electrons. The van der Waals surface area contributed by atoms with Gasteiger partial charge < -0.3 is 9.80 Å². The van der Waals surface area contributed by atoms with Crippen molar-refractivity contribution in [1.82, 2.24) is 9.97 Å². The lowest BCUT2D eigenvalue weighted by Crippen LogP contribution is -2.47. The maximum atomic E-state index is 8.96. The maximum Gasteiger partial charge on any atom is 0.225 e. The lowest BCUT2D eigenvalue weighted by Gasteiger charge is -2.39. The average molecular weight is 328 g/mol. The van der Waals surface area contributed by atoms with Crippen LogP contribution in [0.15, 0.2) is 36.7 Å². The lowest BCUT2D eigenvalue weighted by molar-refractivity contribution is 0.483. The van der Waals surface area contributed by atoms with Gasteiger partial charge in [-0.05, 0) is 37.1 Å². The molecule has 1 saturated heterocycles. The third-order valence-electron chi connectivity index (χ3n) is 4.23. The summed E-state index contributed by atoms with van der Waals surface area (Å²) < 4.78 is 0. The fourth-order valence-corrected chi connectivity index (χ4v) is 3.26. The molecule has 0 bridgehead atoms. The standard InChI is InChI=1S/C17H18ClN5/c1-22(17-20-7-3-8-21-17)14-4-2-9-23(12-14)16-6-5-13(11-19)10-15(16)18/h3,5-8,10,14H,2,4,9,12H2,1H3. The first-order chi connectivity index (χ1) is 11.2. The summed E-state index contributed by atoms with van der Waals surface area (Å²) in [6.07, 6.45) is 5.70. The number of nitrogens with zero attached hydrogens (tertiary/aromatic N) is 5. The molecule has 23 heavy (non-hydrogen) atoms. The first kappa shape index (κ1) is 15.6. The Morgan fingerprint density at radius 3 is 2.83 bits per heavy atom. The van der Waals surface area contributed by atoms with E-state index in [2.05, 4.69) is 25.8 Å². The van der Waals surface area contributed by atoms with Crippen molar-refractivity contribution in [2.45, 2.75) is 18.9 Å². The van der Waals surface area contributed by atoms with Crippen molar-refractivity contribution in [3.63, 3.8) is 0 Å². The van der Waals surface area contributed by atoms with Crippen molar-refractivity contribution in [1.29, 1.82) is 5.26 Å². The molecule has 1 aliphatic heterocycles. The zero-order chi connectivity index (χ0) is 16.2. The van der Waals surface area contributed by atoms with Crippen molar-refractivity contribution in [3.05, 3.63) is 47.2 Å². The van der Waals surface area contributed by atoms with E-state index in [4.69, 9.17) is 16.9 Å². The van der Waals surface area contributed by atoms with Crippen molar-refractivity contribution >= 4 is 23.2 Å². The summed E-state index contributed by atoms with van der Waals surface area (Å²) in [7, 11) is 2.03. The molecule has 5 nitrogen and oxygen atoms in total. The Labute approximate surface area is 141 Å². The molecule has 2 heterocycles. The number of hydrogen-bond acceptors (Lipinski definition) is 5. The van der Waals surface area contributed by atoms with Crippen LogP contribution in [-0.4, -0.2) is 36.1 Å². The summed E-state index contributed by atoms with van der Waals surface area (Å²) in [5.41, 5.74) is 1.57. The van der Waals surface area contributed by atoms with Gasteiger partial charge in [0.2, 0.25) is 5.95 Å². The first-order valence-electron chi connectivity index (χ1n) is 7.63. The summed E-state index contributed by atoms with van der Waals surface area (Å²) in [6, 6.07) is 9.74. The van der Waals surface area contributed by atoms with Gasteiger partial charge in [-0.1, -0.05) is 11.6 Å². The largest absolute Gasteiger partial charge is 0.368 e. The van der Waals surface area contributed by atoms with Crippen molar-refractivity contribution in [2.24, 2.45) is 0 Å². The number of hydrogen-bond donors (Lipinski definition) is 0. The van der Waals surface area contributed by atoms with Gasteiger partial charge in [-0.15, -0.1) is 0 Å². The summed E-state index contributed by atoms with van der Waals surface area (Å²) in [4.78, 5) is 13.1. The Morgan fingerprint density at radius 2 is 2.13 bits per heavy atom. The number of nitriles is 1. The number of piperidine rings is 1. The Hall–Kier alpha value is -2.32. The van der Waals surface area contributed by atoms with E-state index in [0.717, 1.165) is 37.6 Å². The Balaban J connectivity index is 1.77. The first-order valence-corrected chi connectivity index (χ1v) is 8.01. The molecule has 1 unspecified atom stereocenters. The molecule has 3 rings (SSSR count). The maximum absolute atomic E-state index is 8.96. The van der Waals surface area contributed by atoms with Gasteiger partial charge in [0.15, 0.2) is 0 Å². The fraction of sp³-hybridized carbons (Fsp3) is 0.353. The van der Waals surface area contributed by atoms with Crippen LogP contribution in [0.4, 0.5) is 11.6 Å². The number of benzene rings is 1. The van der Waals surface area contributed by atoms with Crippen molar-refractivity contribution < 1.29 is 0 Å². The molecule has 1 fully saturated rings. The summed E-state index contributed by atoms with van der Waals surface area (Å²) in [5.74, 6) is 0.741. The van der Waals surface area contributed by atoms with Gasteiger partial charge in [0.25, 0.3) is 0 Å². The van der Waals surface area contributed by atoms with Crippen molar-refractivity contribution in [3.8, 4) is 6.07 Å². The molecule has 1 aromatic carbocycles. The van der Waals surface area contributed by atoms with E-state index in [1.807, 2.05) is 25.2 Å². The smallest absolute Gasteiger partial charge is 0.225 e. The third kappa shape index (κ3) is 3.38. The minimum atomic E-state index is 0.331. The second-order valence-corrected chi connectivity index (χ2v) is 6.09. The zero-order valence-electron chi connectivity index (χ0n) is 13.0. The molecule has 0 radical (unpaired) electrons. The highest BCUT2D eigenvalue weighted by atomic mass is 35.5. The Bertz CT molecular complexity index is 713. The van der Waals surface area contributed by atoms with E-state index in [0.29, 0.717) is 16.6 Å². The SMILES string of the molecule is CN(c1ncccn1)C1CCCN(c2ccc(C#N)cc2Cl)C1. The molecular weight excluding hydrogens is 310 g/mol. The minimum absolute atomic E-state index is 0.331. The summed E-state index contributed by atoms with van der Waals surface area (Å²) in [6.45, 7) is 1.83. The minimum Gasteiger partial charge on any atom is -0.368 e. The van der Waals surface area contributed by atoms with Crippen LogP contribution >= 0.6 is 11.6 Å². The van der Waals surface area contributed by atoms with Crippen LogP contribution in [0, 0.1) is 11.3 Å². The number of likely N-dealkylation sites (N-methyl/N-ethyl adjacent to an activating group) is 1. The van der Waals surface area contributed by atoms with Crippen LogP contribution in [0.1, 0.15) is 18.4 Å². The predicted molar refractivity (Wildman–Crippen MR) is 91.8 cm³/mol. The summed E-state index contributed by atoms with van der Waals surface area (Å²) in [5, 5.41) is 9.59. The molecule has 2 aromatic rings. The number of halogens is 1. The predicted octanol–water partition coefficient (Wildman–Crippen LogP) is 3.11. The van der Waals surface area contributed by atoms with Crippen LogP contribution in [-0.2, 0) is 0 Å². The summed E-state index contributed by atoms with van der Waals surface area (Å²) >= 11 is 6.35. The van der Waals surface area contributed by atoms with E-state index in [9.17, 15) is 0 Å². The van der Waals surface area contributed by atoms with Crippen LogP contribution in [0.25, 0.3) is 0 Å². The van der Waals surface area contributed by atoms with Crippen LogP contribution in [0.2, 0.25) is 5.02 Å². The van der Waals surface area contributed by atoms with Gasteiger partial charge in [0.05, 0.1) is 22.3 Å². The molecule has 0 amide bonds. The lowest BCUT2D eigenvalue weighted by atomic mass is 10.0. The van der Waals surface area contributed by atoms with Gasteiger partial charge in [-0.2, -0.15) is 5.26 Å². The number of aromatic nitrogens is 2. The van der Waals surface area contributed by atoms with Gasteiger partial charge in [0.1, 0.15) is 0 Å². The Kier molecular flexibility index (Phi) is 4.63. The molecule has 1 aliphatic rings. The molecule has 0 spiro atoms.